The van der Waals surface area contributed by atoms with Crippen molar-refractivity contribution in [2.75, 3.05) is 5.32 Å². The number of rotatable bonds is 5. The van der Waals surface area contributed by atoms with Crippen LogP contribution in [0.1, 0.15) is 22.8 Å². The van der Waals surface area contributed by atoms with Gasteiger partial charge in [-0.05, 0) is 13.0 Å². The lowest BCUT2D eigenvalue weighted by Crippen LogP contribution is -2.26. The van der Waals surface area contributed by atoms with Crippen molar-refractivity contribution in [3.8, 4) is 0 Å². The fraction of sp³-hybridized carbons (Fsp3) is 0.143. The van der Waals surface area contributed by atoms with Crippen molar-refractivity contribution in [2.45, 2.75) is 13.0 Å². The van der Waals surface area contributed by atoms with Crippen LogP contribution in [0, 0.1) is 0 Å². The summed E-state index contributed by atoms with van der Waals surface area (Å²) in [5, 5.41) is 11.5. The summed E-state index contributed by atoms with van der Waals surface area (Å²) < 4.78 is 5.13. The molecule has 0 bridgehead atoms. The Bertz CT molecular complexity index is 589. The Morgan fingerprint density at radius 3 is 2.53 bits per heavy atom. The number of hydrogen-bond acceptors (Lipinski definition) is 4. The molecule has 1 aromatic carbocycles. The van der Waals surface area contributed by atoms with Crippen molar-refractivity contribution in [2.24, 2.45) is 0 Å². The summed E-state index contributed by atoms with van der Waals surface area (Å²) in [4.78, 5) is 23.0. The first-order valence-corrected chi connectivity index (χ1v) is 5.76. The van der Waals surface area contributed by atoms with Crippen LogP contribution < -0.4 is 5.32 Å². The van der Waals surface area contributed by atoms with Crippen LogP contribution in [-0.4, -0.2) is 22.9 Å². The quantitative estimate of drug-likeness (QED) is 0.806. The van der Waals surface area contributed by atoms with Gasteiger partial charge in [0.25, 0.3) is 0 Å². The maximum Gasteiger partial charge on any atom is 0.325 e. The van der Waals surface area contributed by atoms with Gasteiger partial charge in [0, 0.05) is 5.56 Å². The summed E-state index contributed by atoms with van der Waals surface area (Å²) in [6, 6.07) is 9.41. The Balaban J connectivity index is 2.25. The van der Waals surface area contributed by atoms with Gasteiger partial charge in [0.2, 0.25) is 5.88 Å². The number of carbonyl (C=O) groups is 2. The fourth-order valence-corrected chi connectivity index (χ4v) is 1.60. The number of nitrogens with one attached hydrogen (secondary N) is 1. The molecule has 5 heteroatoms. The number of aliphatic carboxylic acids is 1. The lowest BCUT2D eigenvalue weighted by Gasteiger charge is -2.09. The van der Waals surface area contributed by atoms with Crippen LogP contribution in [0.4, 0.5) is 5.88 Å². The predicted molar refractivity (Wildman–Crippen MR) is 69.3 cm³/mol. The van der Waals surface area contributed by atoms with Crippen LogP contribution in [0.5, 0.6) is 0 Å². The number of carboxylic acid groups (broad SMARTS) is 1. The van der Waals surface area contributed by atoms with E-state index in [2.05, 4.69) is 5.32 Å². The molecule has 2 rings (SSSR count). The van der Waals surface area contributed by atoms with E-state index in [1.165, 1.54) is 19.3 Å². The van der Waals surface area contributed by atoms with Gasteiger partial charge < -0.3 is 14.8 Å². The van der Waals surface area contributed by atoms with E-state index in [1.54, 1.807) is 24.3 Å². The molecule has 0 aliphatic heterocycles. The van der Waals surface area contributed by atoms with Crippen molar-refractivity contribution >= 4 is 17.6 Å². The minimum absolute atomic E-state index is 0.170. The van der Waals surface area contributed by atoms with E-state index < -0.39 is 12.0 Å². The molecule has 0 aliphatic rings. The topological polar surface area (TPSA) is 79.5 Å². The van der Waals surface area contributed by atoms with Crippen molar-refractivity contribution in [1.29, 1.82) is 0 Å². The molecule has 0 spiro atoms. The summed E-state index contributed by atoms with van der Waals surface area (Å²) in [5.74, 6) is -1.06. The zero-order valence-electron chi connectivity index (χ0n) is 10.3. The zero-order valence-corrected chi connectivity index (χ0v) is 10.3. The summed E-state index contributed by atoms with van der Waals surface area (Å²) in [5.41, 5.74) is 0.842. The third kappa shape index (κ3) is 2.82. The molecular weight excluding hydrogens is 246 g/mol. The van der Waals surface area contributed by atoms with Gasteiger partial charge >= 0.3 is 5.97 Å². The maximum atomic E-state index is 12.2. The van der Waals surface area contributed by atoms with Gasteiger partial charge in [-0.25, -0.2) is 0 Å². The van der Waals surface area contributed by atoms with Crippen molar-refractivity contribution in [3.05, 3.63) is 53.8 Å². The predicted octanol–water partition coefficient (Wildman–Crippen LogP) is 2.40. The highest BCUT2D eigenvalue weighted by molar-refractivity contribution is 6.11. The molecule has 1 heterocycles. The standard InChI is InChI=1S/C14H13NO4/c1-9(14(17)18)15-13-11(7-8-19-13)12(16)10-5-3-2-4-6-10/h2-9,15H,1H3,(H,17,18). The maximum absolute atomic E-state index is 12.2. The van der Waals surface area contributed by atoms with Crippen LogP contribution in [0.3, 0.4) is 0 Å². The van der Waals surface area contributed by atoms with E-state index in [-0.39, 0.29) is 11.7 Å². The Kier molecular flexibility index (Phi) is 3.66. The number of carboxylic acids is 1. The van der Waals surface area contributed by atoms with Crippen molar-refractivity contribution in [3.63, 3.8) is 0 Å². The molecule has 5 nitrogen and oxygen atoms in total. The Hall–Kier alpha value is -2.56. The van der Waals surface area contributed by atoms with E-state index >= 15 is 0 Å². The number of ketones is 1. The fourth-order valence-electron chi connectivity index (χ4n) is 1.60. The summed E-state index contributed by atoms with van der Waals surface area (Å²) >= 11 is 0. The van der Waals surface area contributed by atoms with Crippen LogP contribution in [0.15, 0.2) is 47.1 Å². The molecular formula is C14H13NO4. The molecule has 1 atom stereocenters. The molecule has 0 fully saturated rings. The van der Waals surface area contributed by atoms with Gasteiger partial charge in [0.05, 0.1) is 11.8 Å². The molecule has 2 N–H and O–H groups in total. The van der Waals surface area contributed by atoms with Gasteiger partial charge in [-0.15, -0.1) is 0 Å². The molecule has 1 unspecified atom stereocenters. The highest BCUT2D eigenvalue weighted by Gasteiger charge is 2.19. The van der Waals surface area contributed by atoms with Crippen LogP contribution in [0.25, 0.3) is 0 Å². The van der Waals surface area contributed by atoms with Gasteiger partial charge in [-0.1, -0.05) is 30.3 Å². The van der Waals surface area contributed by atoms with E-state index in [1.807, 2.05) is 6.07 Å². The molecule has 19 heavy (non-hydrogen) atoms. The zero-order chi connectivity index (χ0) is 13.8. The normalized spacial score (nSPS) is 11.8. The lowest BCUT2D eigenvalue weighted by atomic mass is 10.1. The second-order valence-electron chi connectivity index (χ2n) is 4.06. The monoisotopic (exact) mass is 259 g/mol. The lowest BCUT2D eigenvalue weighted by molar-refractivity contribution is -0.137. The van der Waals surface area contributed by atoms with Gasteiger partial charge in [-0.3, -0.25) is 9.59 Å². The second-order valence-corrected chi connectivity index (χ2v) is 4.06. The highest BCUT2D eigenvalue weighted by Crippen LogP contribution is 2.21. The Labute approximate surface area is 109 Å². The third-order valence-electron chi connectivity index (χ3n) is 2.66. The Morgan fingerprint density at radius 2 is 1.89 bits per heavy atom. The number of benzene rings is 1. The highest BCUT2D eigenvalue weighted by atomic mass is 16.4. The molecule has 0 saturated carbocycles. The number of hydrogen-bond donors (Lipinski definition) is 2. The molecule has 1 aromatic heterocycles. The third-order valence-corrected chi connectivity index (χ3v) is 2.66. The van der Waals surface area contributed by atoms with E-state index in [9.17, 15) is 9.59 Å². The van der Waals surface area contributed by atoms with Gasteiger partial charge in [0.1, 0.15) is 6.04 Å². The first-order valence-electron chi connectivity index (χ1n) is 5.76. The van der Waals surface area contributed by atoms with Crippen LogP contribution in [-0.2, 0) is 4.79 Å². The van der Waals surface area contributed by atoms with Crippen LogP contribution >= 0.6 is 0 Å². The van der Waals surface area contributed by atoms with Crippen molar-refractivity contribution < 1.29 is 19.1 Å². The minimum Gasteiger partial charge on any atom is -0.480 e. The van der Waals surface area contributed by atoms with E-state index in [0.717, 1.165) is 0 Å². The van der Waals surface area contributed by atoms with E-state index in [0.29, 0.717) is 11.1 Å². The average molecular weight is 259 g/mol. The number of carbonyl (C=O) groups excluding carboxylic acids is 1. The van der Waals surface area contributed by atoms with E-state index in [4.69, 9.17) is 9.52 Å². The molecule has 2 aromatic rings. The average Bonchev–Trinajstić information content (AvgIpc) is 2.87. The molecule has 0 saturated heterocycles. The number of furan rings is 1. The second kappa shape index (κ2) is 5.39. The largest absolute Gasteiger partial charge is 0.480 e. The summed E-state index contributed by atoms with van der Waals surface area (Å²) in [6.45, 7) is 1.47. The molecule has 0 amide bonds. The summed E-state index contributed by atoms with van der Waals surface area (Å²) in [7, 11) is 0. The minimum atomic E-state index is -1.02. The van der Waals surface area contributed by atoms with Gasteiger partial charge in [-0.2, -0.15) is 0 Å². The summed E-state index contributed by atoms with van der Waals surface area (Å²) in [6.07, 6.45) is 1.35. The van der Waals surface area contributed by atoms with Gasteiger partial charge in [0.15, 0.2) is 5.78 Å². The Morgan fingerprint density at radius 1 is 1.21 bits per heavy atom. The first kappa shape index (κ1) is 12.9. The molecule has 0 aliphatic carbocycles. The smallest absolute Gasteiger partial charge is 0.325 e. The van der Waals surface area contributed by atoms with Crippen LogP contribution in [0.2, 0.25) is 0 Å². The molecule has 0 radical (unpaired) electrons. The number of anilines is 1. The molecule has 98 valence electrons. The SMILES string of the molecule is CC(Nc1occc1C(=O)c1ccccc1)C(=O)O. The first-order chi connectivity index (χ1) is 9.09. The van der Waals surface area contributed by atoms with Crippen molar-refractivity contribution in [1.82, 2.24) is 0 Å².